The number of carbonyl (C=O) groups is 1. The van der Waals surface area contributed by atoms with Crippen molar-refractivity contribution in [2.24, 2.45) is 0 Å². The molecule has 25 heavy (non-hydrogen) atoms. The maximum Gasteiger partial charge on any atom is 0.163 e. The largest absolute Gasteiger partial charge is 0.497 e. The van der Waals surface area contributed by atoms with Crippen LogP contribution >= 0.6 is 0 Å². The standard InChI is InChI=1S/C21H26N2O2/c1-22(2)11-4-12-23-18-9-7-15-16(8-10-20(15)24)21(18)17-6-5-14(25-3)13-19(17)23/h5-7,9,13,18,21H,4,8,10-12H2,1-3H3. The summed E-state index contributed by atoms with van der Waals surface area (Å²) in [4.78, 5) is 16.9. The van der Waals surface area contributed by atoms with Gasteiger partial charge in [-0.05, 0) is 50.7 Å². The maximum absolute atomic E-state index is 12.2. The zero-order chi connectivity index (χ0) is 17.6. The molecule has 4 nitrogen and oxygen atoms in total. The van der Waals surface area contributed by atoms with Crippen LogP contribution in [0.2, 0.25) is 0 Å². The third-order valence-electron chi connectivity index (χ3n) is 5.69. The summed E-state index contributed by atoms with van der Waals surface area (Å²) < 4.78 is 5.47. The van der Waals surface area contributed by atoms with Crippen LogP contribution in [-0.4, -0.2) is 51.0 Å². The first kappa shape index (κ1) is 16.4. The number of carbonyl (C=O) groups excluding carboxylic acids is 1. The number of Topliss-reactive ketones (excluding diaryl/α,β-unsaturated/α-hetero) is 1. The van der Waals surface area contributed by atoms with Crippen LogP contribution in [0.4, 0.5) is 5.69 Å². The van der Waals surface area contributed by atoms with Crippen molar-refractivity contribution in [3.8, 4) is 5.75 Å². The van der Waals surface area contributed by atoms with Gasteiger partial charge in [0.1, 0.15) is 5.75 Å². The molecule has 132 valence electrons. The summed E-state index contributed by atoms with van der Waals surface area (Å²) in [5, 5.41) is 0. The number of fused-ring (bicyclic) bond motifs is 4. The number of rotatable bonds is 5. The Balaban J connectivity index is 1.71. The van der Waals surface area contributed by atoms with E-state index in [9.17, 15) is 4.79 Å². The molecule has 1 aromatic rings. The van der Waals surface area contributed by atoms with E-state index in [1.54, 1.807) is 7.11 Å². The van der Waals surface area contributed by atoms with Crippen molar-refractivity contribution in [1.82, 2.24) is 4.90 Å². The van der Waals surface area contributed by atoms with Crippen LogP contribution in [0, 0.1) is 0 Å². The van der Waals surface area contributed by atoms with Gasteiger partial charge in [0, 0.05) is 36.2 Å². The minimum absolute atomic E-state index is 0.311. The third-order valence-corrected chi connectivity index (χ3v) is 5.69. The number of benzene rings is 1. The van der Waals surface area contributed by atoms with Crippen molar-refractivity contribution in [2.75, 3.05) is 39.2 Å². The Morgan fingerprint density at radius 2 is 2.12 bits per heavy atom. The number of ketones is 1. The summed E-state index contributed by atoms with van der Waals surface area (Å²) in [7, 11) is 5.95. The number of methoxy groups -OCH3 is 1. The summed E-state index contributed by atoms with van der Waals surface area (Å²) in [6, 6.07) is 6.74. The van der Waals surface area contributed by atoms with Crippen LogP contribution in [0.5, 0.6) is 5.75 Å². The van der Waals surface area contributed by atoms with Gasteiger partial charge in [0.25, 0.3) is 0 Å². The van der Waals surface area contributed by atoms with E-state index in [0.717, 1.165) is 37.3 Å². The molecule has 4 rings (SSSR count). The molecule has 0 aromatic heterocycles. The van der Waals surface area contributed by atoms with Crippen molar-refractivity contribution in [2.45, 2.75) is 31.2 Å². The monoisotopic (exact) mass is 338 g/mol. The lowest BCUT2D eigenvalue weighted by atomic mass is 9.82. The molecule has 4 heteroatoms. The minimum atomic E-state index is 0.311. The van der Waals surface area contributed by atoms with Crippen molar-refractivity contribution in [3.05, 3.63) is 47.1 Å². The smallest absolute Gasteiger partial charge is 0.163 e. The molecule has 0 radical (unpaired) electrons. The Hall–Kier alpha value is -2.07. The molecule has 0 N–H and O–H groups in total. The van der Waals surface area contributed by atoms with E-state index >= 15 is 0 Å². The van der Waals surface area contributed by atoms with Crippen molar-refractivity contribution < 1.29 is 9.53 Å². The second kappa shape index (κ2) is 6.34. The van der Waals surface area contributed by atoms with Crippen molar-refractivity contribution >= 4 is 11.5 Å². The fourth-order valence-corrected chi connectivity index (χ4v) is 4.54. The highest BCUT2D eigenvalue weighted by molar-refractivity contribution is 6.02. The summed E-state index contributed by atoms with van der Waals surface area (Å²) in [6.07, 6.45) is 7.02. The molecule has 0 saturated carbocycles. The first-order valence-corrected chi connectivity index (χ1v) is 9.14. The van der Waals surface area contributed by atoms with Crippen LogP contribution < -0.4 is 9.64 Å². The first-order chi connectivity index (χ1) is 12.1. The molecule has 0 fully saturated rings. The van der Waals surface area contributed by atoms with Gasteiger partial charge >= 0.3 is 0 Å². The lowest BCUT2D eigenvalue weighted by molar-refractivity contribution is -0.114. The quantitative estimate of drug-likeness (QED) is 0.826. The van der Waals surface area contributed by atoms with E-state index in [1.165, 1.54) is 16.8 Å². The highest BCUT2D eigenvalue weighted by Gasteiger charge is 2.43. The van der Waals surface area contributed by atoms with Gasteiger partial charge in [-0.1, -0.05) is 18.2 Å². The molecule has 2 atom stereocenters. The average Bonchev–Trinajstić information content (AvgIpc) is 3.13. The lowest BCUT2D eigenvalue weighted by Gasteiger charge is -2.31. The molecule has 3 aliphatic rings. The highest BCUT2D eigenvalue weighted by atomic mass is 16.5. The van der Waals surface area contributed by atoms with Crippen LogP contribution in [0.25, 0.3) is 0 Å². The first-order valence-electron chi connectivity index (χ1n) is 9.14. The van der Waals surface area contributed by atoms with E-state index in [-0.39, 0.29) is 0 Å². The average molecular weight is 338 g/mol. The fraction of sp³-hybridized carbons (Fsp3) is 0.476. The second-order valence-electron chi connectivity index (χ2n) is 7.46. The summed E-state index contributed by atoms with van der Waals surface area (Å²) in [5.74, 6) is 1.54. The topological polar surface area (TPSA) is 32.8 Å². The Morgan fingerprint density at radius 3 is 2.88 bits per heavy atom. The van der Waals surface area contributed by atoms with Crippen molar-refractivity contribution in [3.63, 3.8) is 0 Å². The van der Waals surface area contributed by atoms with Gasteiger partial charge in [0.2, 0.25) is 0 Å². The molecule has 1 aromatic carbocycles. The molecule has 1 heterocycles. The molecule has 0 amide bonds. The predicted octanol–water partition coefficient (Wildman–Crippen LogP) is 3.15. The molecule has 2 aliphatic carbocycles. The number of hydrogen-bond acceptors (Lipinski definition) is 4. The fourth-order valence-electron chi connectivity index (χ4n) is 4.54. The Morgan fingerprint density at radius 1 is 1.28 bits per heavy atom. The zero-order valence-electron chi connectivity index (χ0n) is 15.3. The van der Waals surface area contributed by atoms with E-state index in [2.05, 4.69) is 54.2 Å². The number of allylic oxidation sites excluding steroid dienone is 2. The van der Waals surface area contributed by atoms with Gasteiger partial charge < -0.3 is 14.5 Å². The van der Waals surface area contributed by atoms with Gasteiger partial charge in [0.15, 0.2) is 5.78 Å². The summed E-state index contributed by atoms with van der Waals surface area (Å²) in [5.41, 5.74) is 4.94. The number of nitrogens with zero attached hydrogens (tertiary/aromatic N) is 2. The molecular formula is C21H26N2O2. The van der Waals surface area contributed by atoms with Crippen LogP contribution in [0.1, 0.15) is 30.7 Å². The number of hydrogen-bond donors (Lipinski definition) is 0. The van der Waals surface area contributed by atoms with Crippen LogP contribution in [-0.2, 0) is 4.79 Å². The normalized spacial score (nSPS) is 24.0. The predicted molar refractivity (Wildman–Crippen MR) is 100 cm³/mol. The van der Waals surface area contributed by atoms with E-state index in [1.807, 2.05) is 0 Å². The van der Waals surface area contributed by atoms with Crippen LogP contribution in [0.3, 0.4) is 0 Å². The van der Waals surface area contributed by atoms with E-state index in [4.69, 9.17) is 4.74 Å². The van der Waals surface area contributed by atoms with Gasteiger partial charge in [0.05, 0.1) is 13.2 Å². The molecule has 0 saturated heterocycles. The summed E-state index contributed by atoms with van der Waals surface area (Å²) >= 11 is 0. The highest BCUT2D eigenvalue weighted by Crippen LogP contribution is 2.51. The lowest BCUT2D eigenvalue weighted by Crippen LogP contribution is -2.36. The molecule has 2 unspecified atom stereocenters. The van der Waals surface area contributed by atoms with Gasteiger partial charge in [-0.2, -0.15) is 0 Å². The Bertz CT molecular complexity index is 763. The second-order valence-corrected chi connectivity index (χ2v) is 7.46. The number of ether oxygens (including phenoxy) is 1. The van der Waals surface area contributed by atoms with E-state index in [0.29, 0.717) is 24.2 Å². The SMILES string of the molecule is COc1ccc2c(c1)N(CCCN(C)C)C1C=CC3=C(CCC3=O)C21. The maximum atomic E-state index is 12.2. The Labute approximate surface area is 149 Å². The molecule has 1 aliphatic heterocycles. The van der Waals surface area contributed by atoms with Gasteiger partial charge in [-0.25, -0.2) is 0 Å². The molecule has 0 spiro atoms. The van der Waals surface area contributed by atoms with Gasteiger partial charge in [-0.3, -0.25) is 4.79 Å². The van der Waals surface area contributed by atoms with Crippen molar-refractivity contribution in [1.29, 1.82) is 0 Å². The minimum Gasteiger partial charge on any atom is -0.497 e. The Kier molecular flexibility index (Phi) is 4.16. The third kappa shape index (κ3) is 2.69. The van der Waals surface area contributed by atoms with Crippen LogP contribution in [0.15, 0.2) is 41.5 Å². The van der Waals surface area contributed by atoms with E-state index < -0.39 is 0 Å². The number of anilines is 1. The van der Waals surface area contributed by atoms with Gasteiger partial charge in [-0.15, -0.1) is 0 Å². The molecule has 0 bridgehead atoms. The zero-order valence-corrected chi connectivity index (χ0v) is 15.3. The molecular weight excluding hydrogens is 312 g/mol. The summed E-state index contributed by atoms with van der Waals surface area (Å²) in [6.45, 7) is 2.09.